The molecule has 0 saturated carbocycles. The number of hydrogen-bond donors (Lipinski definition) is 0. The van der Waals surface area contributed by atoms with Crippen molar-refractivity contribution < 1.29 is 70.6 Å². The van der Waals surface area contributed by atoms with Crippen LogP contribution in [0.5, 0.6) is 0 Å². The van der Waals surface area contributed by atoms with Gasteiger partial charge in [-0.1, -0.05) is 18.2 Å². The lowest BCUT2D eigenvalue weighted by Crippen LogP contribution is -2.72. The van der Waals surface area contributed by atoms with Crippen LogP contribution in [0.15, 0.2) is 24.3 Å². The molecule has 1 unspecified atom stereocenters. The highest BCUT2D eigenvalue weighted by atomic mass is 19.4. The Kier molecular flexibility index (Phi) is 7.56. The number of alkyl halides is 15. The molecule has 0 fully saturated rings. The molecule has 1 aromatic rings. The lowest BCUT2D eigenvalue weighted by molar-refractivity contribution is -0.453. The van der Waals surface area contributed by atoms with E-state index in [1.807, 2.05) is 0 Å². The summed E-state index contributed by atoms with van der Waals surface area (Å²) in [5, 5.41) is 9.00. The Morgan fingerprint density at radius 2 is 1.09 bits per heavy atom. The van der Waals surface area contributed by atoms with Crippen molar-refractivity contribution in [2.75, 3.05) is 7.11 Å². The topological polar surface area (TPSA) is 33.0 Å². The van der Waals surface area contributed by atoms with Gasteiger partial charge >= 0.3 is 41.7 Å². The molecule has 0 N–H and O–H groups in total. The average Bonchev–Trinajstić information content (AvgIpc) is 2.71. The molecule has 0 heterocycles. The SMILES string of the molecule is COC(C)(CC(F)(F)C(F)(F)C(F)(F)C(F)(F)C(F)(F)C(F)(F)C(F)(F)F)c1ccccc1C#N. The number of halogens is 15. The standard InChI is InChI=1S/C18H12F15NO/c1-11(35-2,10-6-4-3-5-9(10)7-34)8-12(19,20)13(21,22)14(23,24)15(25,26)16(27,28)17(29,30)18(31,32)33/h3-6H,8H2,1-2H3. The molecule has 35 heavy (non-hydrogen) atoms. The Morgan fingerprint density at radius 1 is 0.686 bits per heavy atom. The summed E-state index contributed by atoms with van der Waals surface area (Å²) in [6.07, 6.45) is -10.4. The zero-order valence-corrected chi connectivity index (χ0v) is 17.0. The van der Waals surface area contributed by atoms with Gasteiger partial charge in [-0.25, -0.2) is 0 Å². The van der Waals surface area contributed by atoms with E-state index in [0.29, 0.717) is 14.0 Å². The van der Waals surface area contributed by atoms with Crippen molar-refractivity contribution in [3.8, 4) is 6.07 Å². The van der Waals surface area contributed by atoms with Crippen molar-refractivity contribution in [3.63, 3.8) is 0 Å². The summed E-state index contributed by atoms with van der Waals surface area (Å²) in [6.45, 7) is 0.482. The second kappa shape index (κ2) is 8.63. The summed E-state index contributed by atoms with van der Waals surface area (Å²) in [6, 6.07) is 5.24. The molecule has 200 valence electrons. The van der Waals surface area contributed by atoms with Crippen LogP contribution in [-0.4, -0.2) is 48.8 Å². The van der Waals surface area contributed by atoms with Crippen LogP contribution >= 0.6 is 0 Å². The Morgan fingerprint density at radius 3 is 1.49 bits per heavy atom. The number of nitriles is 1. The van der Waals surface area contributed by atoms with Crippen LogP contribution in [0.4, 0.5) is 65.9 Å². The van der Waals surface area contributed by atoms with Crippen molar-refractivity contribution in [3.05, 3.63) is 35.4 Å². The van der Waals surface area contributed by atoms with E-state index in [2.05, 4.69) is 4.74 Å². The van der Waals surface area contributed by atoms with E-state index in [-0.39, 0.29) is 0 Å². The van der Waals surface area contributed by atoms with Crippen molar-refractivity contribution in [1.82, 2.24) is 0 Å². The Hall–Kier alpha value is -2.38. The monoisotopic (exact) mass is 543 g/mol. The molecule has 1 rings (SSSR count). The Bertz CT molecular complexity index is 963. The number of ether oxygens (including phenoxy) is 1. The molecule has 0 aliphatic carbocycles. The van der Waals surface area contributed by atoms with Gasteiger partial charge in [0.1, 0.15) is 0 Å². The molecule has 0 saturated heterocycles. The molecule has 0 aliphatic heterocycles. The molecule has 0 radical (unpaired) electrons. The Labute approximate surface area is 186 Å². The molecule has 0 spiro atoms. The van der Waals surface area contributed by atoms with E-state index >= 15 is 0 Å². The van der Waals surface area contributed by atoms with Gasteiger partial charge in [0.15, 0.2) is 0 Å². The lowest BCUT2D eigenvalue weighted by Gasteiger charge is -2.43. The molecule has 0 amide bonds. The van der Waals surface area contributed by atoms with Crippen LogP contribution in [-0.2, 0) is 10.3 Å². The predicted octanol–water partition coefficient (Wildman–Crippen LogP) is 7.18. The predicted molar refractivity (Wildman–Crippen MR) is 85.9 cm³/mol. The Balaban J connectivity index is 3.66. The second-order valence-electron chi connectivity index (χ2n) is 7.34. The smallest absolute Gasteiger partial charge is 0.374 e. The molecule has 1 aromatic carbocycles. The number of nitrogens with zero attached hydrogens (tertiary/aromatic N) is 1. The zero-order chi connectivity index (χ0) is 28.1. The normalized spacial score (nSPS) is 16.6. The summed E-state index contributed by atoms with van der Waals surface area (Å²) >= 11 is 0. The van der Waals surface area contributed by atoms with E-state index < -0.39 is 64.9 Å². The van der Waals surface area contributed by atoms with Gasteiger partial charge in [-0.15, -0.1) is 0 Å². The average molecular weight is 543 g/mol. The van der Waals surface area contributed by atoms with Crippen LogP contribution in [0, 0.1) is 11.3 Å². The van der Waals surface area contributed by atoms with Crippen molar-refractivity contribution in [1.29, 1.82) is 5.26 Å². The molecule has 17 heteroatoms. The minimum absolute atomic E-state index is 0.482. The number of hydrogen-bond acceptors (Lipinski definition) is 2. The van der Waals surface area contributed by atoms with Crippen LogP contribution in [0.25, 0.3) is 0 Å². The van der Waals surface area contributed by atoms with Gasteiger partial charge in [-0.3, -0.25) is 0 Å². The van der Waals surface area contributed by atoms with Crippen molar-refractivity contribution >= 4 is 0 Å². The third-order valence-electron chi connectivity index (χ3n) is 5.02. The fourth-order valence-electron chi connectivity index (χ4n) is 2.85. The molecular formula is C18H12F15NO. The van der Waals surface area contributed by atoms with Crippen LogP contribution < -0.4 is 0 Å². The van der Waals surface area contributed by atoms with Crippen molar-refractivity contribution in [2.45, 2.75) is 60.7 Å². The number of methoxy groups -OCH3 is 1. The minimum Gasteiger partial charge on any atom is -0.374 e. The quantitative estimate of drug-likeness (QED) is 0.309. The van der Waals surface area contributed by atoms with Gasteiger partial charge in [-0.2, -0.15) is 71.1 Å². The summed E-state index contributed by atoms with van der Waals surface area (Å²) < 4.78 is 205. The first kappa shape index (κ1) is 30.7. The molecule has 0 aliphatic rings. The van der Waals surface area contributed by atoms with Gasteiger partial charge < -0.3 is 4.74 Å². The highest BCUT2D eigenvalue weighted by Gasteiger charge is 2.93. The second-order valence-corrected chi connectivity index (χ2v) is 7.34. The van der Waals surface area contributed by atoms with Crippen LogP contribution in [0.3, 0.4) is 0 Å². The third-order valence-corrected chi connectivity index (χ3v) is 5.02. The molecule has 2 nitrogen and oxygen atoms in total. The highest BCUT2D eigenvalue weighted by Crippen LogP contribution is 2.63. The summed E-state index contributed by atoms with van der Waals surface area (Å²) in [7, 11) is 0.521. The maximum absolute atomic E-state index is 14.4. The first-order valence-electron chi connectivity index (χ1n) is 8.71. The fourth-order valence-corrected chi connectivity index (χ4v) is 2.85. The van der Waals surface area contributed by atoms with Gasteiger partial charge in [0, 0.05) is 12.7 Å². The van der Waals surface area contributed by atoms with Crippen LogP contribution in [0.1, 0.15) is 24.5 Å². The summed E-state index contributed by atoms with van der Waals surface area (Å²) in [5.74, 6) is -47.1. The first-order valence-corrected chi connectivity index (χ1v) is 8.71. The van der Waals surface area contributed by atoms with Gasteiger partial charge in [0.2, 0.25) is 0 Å². The maximum Gasteiger partial charge on any atom is 0.460 e. The van der Waals surface area contributed by atoms with E-state index in [9.17, 15) is 65.9 Å². The van der Waals surface area contributed by atoms with Gasteiger partial charge in [-0.05, 0) is 13.0 Å². The van der Waals surface area contributed by atoms with E-state index in [0.717, 1.165) is 24.3 Å². The van der Waals surface area contributed by atoms with Crippen LogP contribution in [0.2, 0.25) is 0 Å². The number of benzene rings is 1. The molecule has 0 aromatic heterocycles. The molecule has 1 atom stereocenters. The fraction of sp³-hybridized carbons (Fsp3) is 0.611. The summed E-state index contributed by atoms with van der Waals surface area (Å²) in [4.78, 5) is 0. The van der Waals surface area contributed by atoms with E-state index in [4.69, 9.17) is 5.26 Å². The lowest BCUT2D eigenvalue weighted by atomic mass is 9.82. The third kappa shape index (κ3) is 4.38. The van der Waals surface area contributed by atoms with Gasteiger partial charge in [0.25, 0.3) is 0 Å². The highest BCUT2D eigenvalue weighted by molar-refractivity contribution is 5.41. The number of rotatable bonds is 9. The van der Waals surface area contributed by atoms with E-state index in [1.54, 1.807) is 0 Å². The molecule has 0 bridgehead atoms. The minimum atomic E-state index is -8.36. The zero-order valence-electron chi connectivity index (χ0n) is 17.0. The van der Waals surface area contributed by atoms with E-state index in [1.165, 1.54) is 6.07 Å². The first-order chi connectivity index (χ1) is 15.3. The van der Waals surface area contributed by atoms with Crippen molar-refractivity contribution in [2.24, 2.45) is 0 Å². The largest absolute Gasteiger partial charge is 0.460 e. The maximum atomic E-state index is 14.4. The molecular weight excluding hydrogens is 531 g/mol. The summed E-state index contributed by atoms with van der Waals surface area (Å²) in [5.41, 5.74) is -4.14. The van der Waals surface area contributed by atoms with Gasteiger partial charge in [0.05, 0.1) is 23.7 Å².